The van der Waals surface area contributed by atoms with Gasteiger partial charge in [0.15, 0.2) is 0 Å². The van der Waals surface area contributed by atoms with Gasteiger partial charge < -0.3 is 10.2 Å². The molecule has 1 heterocycles. The van der Waals surface area contributed by atoms with Gasteiger partial charge >= 0.3 is 0 Å². The van der Waals surface area contributed by atoms with Crippen LogP contribution in [0.1, 0.15) is 28.3 Å². The first-order chi connectivity index (χ1) is 12.5. The Morgan fingerprint density at radius 2 is 2.00 bits per heavy atom. The van der Waals surface area contributed by atoms with Crippen LogP contribution in [0.2, 0.25) is 5.02 Å². The highest BCUT2D eigenvalue weighted by Gasteiger charge is 2.21. The minimum absolute atomic E-state index is 0.0862. The molecule has 0 unspecified atom stereocenters. The van der Waals surface area contributed by atoms with Crippen molar-refractivity contribution >= 4 is 45.0 Å². The molecule has 0 aliphatic heterocycles. The number of halogens is 1. The van der Waals surface area contributed by atoms with E-state index in [1.54, 1.807) is 47.5 Å². The van der Waals surface area contributed by atoms with E-state index in [1.165, 1.54) is 0 Å². The number of amides is 2. The highest BCUT2D eigenvalue weighted by molar-refractivity contribution is 7.18. The molecular formula is C19H18ClN3O2S. The molecule has 0 bridgehead atoms. The molecule has 1 atom stereocenters. The number of thiazole rings is 1. The van der Waals surface area contributed by atoms with Crippen molar-refractivity contribution in [3.05, 3.63) is 64.1 Å². The van der Waals surface area contributed by atoms with Gasteiger partial charge in [-0.15, -0.1) is 11.3 Å². The molecule has 5 nitrogen and oxygen atoms in total. The Hall–Kier alpha value is -2.44. The minimum atomic E-state index is -0.332. The number of rotatable bonds is 5. The summed E-state index contributed by atoms with van der Waals surface area (Å²) in [6.07, 6.45) is 0. The summed E-state index contributed by atoms with van der Waals surface area (Å²) in [5.74, 6) is -0.519. The van der Waals surface area contributed by atoms with Crippen LogP contribution in [0.5, 0.6) is 0 Å². The van der Waals surface area contributed by atoms with E-state index in [0.29, 0.717) is 10.6 Å². The van der Waals surface area contributed by atoms with Crippen molar-refractivity contribution in [2.24, 2.45) is 0 Å². The largest absolute Gasteiger partial charge is 0.343 e. The lowest BCUT2D eigenvalue weighted by atomic mass is 10.2. The van der Waals surface area contributed by atoms with Crippen LogP contribution in [0, 0.1) is 0 Å². The Balaban J connectivity index is 1.62. The molecule has 0 fully saturated rings. The molecule has 0 saturated carbocycles. The highest BCUT2D eigenvalue weighted by atomic mass is 35.5. The number of carbonyl (C=O) groups excluding carboxylic acids is 2. The van der Waals surface area contributed by atoms with Gasteiger partial charge in [0, 0.05) is 17.6 Å². The molecule has 3 rings (SSSR count). The number of nitrogens with one attached hydrogen (secondary N) is 1. The average Bonchev–Trinajstić information content (AvgIpc) is 3.08. The third-order valence-electron chi connectivity index (χ3n) is 4.13. The number of nitrogens with zero attached hydrogens (tertiary/aromatic N) is 2. The molecule has 1 N–H and O–H groups in total. The van der Waals surface area contributed by atoms with Crippen LogP contribution in [0.25, 0.3) is 10.2 Å². The van der Waals surface area contributed by atoms with Crippen molar-refractivity contribution in [3.63, 3.8) is 0 Å². The second-order valence-corrected chi connectivity index (χ2v) is 7.39. The second-order valence-electron chi connectivity index (χ2n) is 5.89. The zero-order chi connectivity index (χ0) is 18.7. The molecule has 0 radical (unpaired) electrons. The van der Waals surface area contributed by atoms with Crippen LogP contribution < -0.4 is 5.32 Å². The number of aromatic nitrogens is 1. The van der Waals surface area contributed by atoms with Crippen molar-refractivity contribution in [1.82, 2.24) is 15.2 Å². The lowest BCUT2D eigenvalue weighted by Gasteiger charge is -2.23. The molecule has 1 aromatic heterocycles. The summed E-state index contributed by atoms with van der Waals surface area (Å²) >= 11 is 7.45. The van der Waals surface area contributed by atoms with Crippen molar-refractivity contribution in [2.75, 3.05) is 13.6 Å². The summed E-state index contributed by atoms with van der Waals surface area (Å²) in [6.45, 7) is 1.84. The summed E-state index contributed by atoms with van der Waals surface area (Å²) in [6, 6.07) is 14.3. The molecule has 0 saturated heterocycles. The van der Waals surface area contributed by atoms with E-state index in [0.717, 1.165) is 15.2 Å². The van der Waals surface area contributed by atoms with Gasteiger partial charge in [0.25, 0.3) is 5.91 Å². The highest BCUT2D eigenvalue weighted by Crippen LogP contribution is 2.28. The topological polar surface area (TPSA) is 62.3 Å². The fourth-order valence-electron chi connectivity index (χ4n) is 2.46. The zero-order valence-corrected chi connectivity index (χ0v) is 16.0. The van der Waals surface area contributed by atoms with Crippen LogP contribution in [-0.4, -0.2) is 35.3 Å². The van der Waals surface area contributed by atoms with Gasteiger partial charge in [-0.25, -0.2) is 4.98 Å². The molecule has 2 aromatic carbocycles. The SMILES string of the molecule is C[C@H](c1nc2ccccc2s1)N(C)C(=O)CNC(=O)c1cccc(Cl)c1. The van der Waals surface area contributed by atoms with Gasteiger partial charge in [-0.05, 0) is 37.3 Å². The van der Waals surface area contributed by atoms with Gasteiger partial charge in [-0.2, -0.15) is 0 Å². The first kappa shape index (κ1) is 18.4. The van der Waals surface area contributed by atoms with Gasteiger partial charge in [0.1, 0.15) is 5.01 Å². The minimum Gasteiger partial charge on any atom is -0.343 e. The van der Waals surface area contributed by atoms with Crippen LogP contribution in [-0.2, 0) is 4.79 Å². The average molecular weight is 388 g/mol. The molecule has 7 heteroatoms. The van der Waals surface area contributed by atoms with Crippen LogP contribution in [0.3, 0.4) is 0 Å². The van der Waals surface area contributed by atoms with E-state index >= 15 is 0 Å². The normalized spacial score (nSPS) is 12.0. The fraction of sp³-hybridized carbons (Fsp3) is 0.211. The Bertz CT molecular complexity index is 924. The van der Waals surface area contributed by atoms with Gasteiger partial charge in [-0.1, -0.05) is 29.8 Å². The molecular weight excluding hydrogens is 370 g/mol. The Morgan fingerprint density at radius 3 is 2.73 bits per heavy atom. The van der Waals surface area contributed by atoms with Crippen molar-refractivity contribution in [3.8, 4) is 0 Å². The van der Waals surface area contributed by atoms with Crippen LogP contribution in [0.4, 0.5) is 0 Å². The summed E-state index contributed by atoms with van der Waals surface area (Å²) < 4.78 is 1.09. The molecule has 2 amide bonds. The quantitative estimate of drug-likeness (QED) is 0.722. The summed E-state index contributed by atoms with van der Waals surface area (Å²) in [5, 5.41) is 3.98. The van der Waals surface area contributed by atoms with Crippen molar-refractivity contribution < 1.29 is 9.59 Å². The van der Waals surface area contributed by atoms with Crippen LogP contribution >= 0.6 is 22.9 Å². The van der Waals surface area contributed by atoms with Crippen LogP contribution in [0.15, 0.2) is 48.5 Å². The van der Waals surface area contributed by atoms with Gasteiger partial charge in [0.2, 0.25) is 5.91 Å². The number of para-hydroxylation sites is 1. The lowest BCUT2D eigenvalue weighted by Crippen LogP contribution is -2.39. The van der Waals surface area contributed by atoms with E-state index in [2.05, 4.69) is 10.3 Å². The monoisotopic (exact) mass is 387 g/mol. The first-order valence-electron chi connectivity index (χ1n) is 8.10. The Kier molecular flexibility index (Phi) is 5.54. The predicted molar refractivity (Wildman–Crippen MR) is 105 cm³/mol. The molecule has 134 valence electrons. The maximum Gasteiger partial charge on any atom is 0.251 e. The van der Waals surface area contributed by atoms with Crippen molar-refractivity contribution in [2.45, 2.75) is 13.0 Å². The predicted octanol–water partition coefficient (Wildman–Crippen LogP) is 3.90. The third-order valence-corrected chi connectivity index (χ3v) is 5.57. The molecule has 0 spiro atoms. The number of likely N-dealkylation sites (N-methyl/N-ethyl adjacent to an activating group) is 1. The molecule has 0 aliphatic carbocycles. The third kappa shape index (κ3) is 4.03. The van der Waals surface area contributed by atoms with Gasteiger partial charge in [0.05, 0.1) is 22.8 Å². The molecule has 26 heavy (non-hydrogen) atoms. The van der Waals surface area contributed by atoms with E-state index < -0.39 is 0 Å². The fourth-order valence-corrected chi connectivity index (χ4v) is 3.72. The number of hydrogen-bond donors (Lipinski definition) is 1. The number of carbonyl (C=O) groups is 2. The zero-order valence-electron chi connectivity index (χ0n) is 14.4. The maximum atomic E-state index is 12.4. The summed E-state index contributed by atoms with van der Waals surface area (Å²) in [5.41, 5.74) is 1.35. The number of benzene rings is 2. The summed E-state index contributed by atoms with van der Waals surface area (Å²) in [7, 11) is 1.71. The second kappa shape index (κ2) is 7.85. The van der Waals surface area contributed by atoms with E-state index in [9.17, 15) is 9.59 Å². The standard InChI is InChI=1S/C19H18ClN3O2S/c1-12(19-22-15-8-3-4-9-16(15)26-19)23(2)17(24)11-21-18(25)13-6-5-7-14(20)10-13/h3-10,12H,11H2,1-2H3,(H,21,25)/t12-/m1/s1. The van der Waals surface area contributed by atoms with Crippen molar-refractivity contribution in [1.29, 1.82) is 0 Å². The number of hydrogen-bond acceptors (Lipinski definition) is 4. The number of fused-ring (bicyclic) bond motifs is 1. The molecule has 3 aromatic rings. The van der Waals surface area contributed by atoms with E-state index in [-0.39, 0.29) is 24.4 Å². The first-order valence-corrected chi connectivity index (χ1v) is 9.30. The van der Waals surface area contributed by atoms with Gasteiger partial charge in [-0.3, -0.25) is 9.59 Å². The molecule has 0 aliphatic rings. The summed E-state index contributed by atoms with van der Waals surface area (Å²) in [4.78, 5) is 30.8. The maximum absolute atomic E-state index is 12.4. The van der Waals surface area contributed by atoms with E-state index in [4.69, 9.17) is 11.6 Å². The van der Waals surface area contributed by atoms with E-state index in [1.807, 2.05) is 31.2 Å². The lowest BCUT2D eigenvalue weighted by molar-refractivity contribution is -0.130. The Labute approximate surface area is 160 Å². The Morgan fingerprint density at radius 1 is 1.23 bits per heavy atom. The smallest absolute Gasteiger partial charge is 0.251 e.